The number of amidine groups is 1. The second-order valence-corrected chi connectivity index (χ2v) is 8.47. The number of hydrogen-bond acceptors (Lipinski definition) is 4. The van der Waals surface area contributed by atoms with Gasteiger partial charge < -0.3 is 5.32 Å². The molecule has 1 N–H and O–H groups in total. The Balaban J connectivity index is 2.60. The molecule has 0 aliphatic heterocycles. The van der Waals surface area contributed by atoms with E-state index in [0.717, 1.165) is 41.4 Å². The van der Waals surface area contributed by atoms with Crippen molar-refractivity contribution < 1.29 is 0 Å². The minimum atomic E-state index is 0.0112. The van der Waals surface area contributed by atoms with Gasteiger partial charge in [0.2, 0.25) is 0 Å². The van der Waals surface area contributed by atoms with Gasteiger partial charge in [0.15, 0.2) is 0 Å². The maximum absolute atomic E-state index is 4.60. The Morgan fingerprint density at radius 3 is 2.50 bits per heavy atom. The van der Waals surface area contributed by atoms with E-state index in [1.54, 1.807) is 4.68 Å². The highest BCUT2D eigenvalue weighted by molar-refractivity contribution is 5.82. The molecule has 0 bridgehead atoms. The molecule has 0 saturated carbocycles. The van der Waals surface area contributed by atoms with Gasteiger partial charge in [-0.2, -0.15) is 4.68 Å². The van der Waals surface area contributed by atoms with E-state index >= 15 is 0 Å². The minimum absolute atomic E-state index is 0.0112. The van der Waals surface area contributed by atoms with E-state index in [9.17, 15) is 0 Å². The first-order valence-corrected chi connectivity index (χ1v) is 10.5. The Labute approximate surface area is 181 Å². The minimum Gasteiger partial charge on any atom is -0.330 e. The van der Waals surface area contributed by atoms with Crippen LogP contribution in [0.25, 0.3) is 16.9 Å². The van der Waals surface area contributed by atoms with Gasteiger partial charge >= 0.3 is 0 Å². The van der Waals surface area contributed by atoms with Crippen molar-refractivity contribution in [1.82, 2.24) is 25.2 Å². The van der Waals surface area contributed by atoms with E-state index in [1.165, 1.54) is 5.57 Å². The molecule has 162 valence electrons. The number of nitrogens with zero attached hydrogens (tertiary/aromatic N) is 5. The quantitative estimate of drug-likeness (QED) is 0.466. The van der Waals surface area contributed by atoms with Crippen molar-refractivity contribution in [2.24, 2.45) is 10.4 Å². The van der Waals surface area contributed by atoms with Crippen molar-refractivity contribution in [1.29, 1.82) is 0 Å². The van der Waals surface area contributed by atoms with Crippen LogP contribution in [0.1, 0.15) is 61.8 Å². The molecule has 0 saturated heterocycles. The van der Waals surface area contributed by atoms with Gasteiger partial charge in [-0.1, -0.05) is 51.6 Å². The largest absolute Gasteiger partial charge is 0.330 e. The van der Waals surface area contributed by atoms with Crippen LogP contribution in [0.3, 0.4) is 0 Å². The lowest BCUT2D eigenvalue weighted by Crippen LogP contribution is -2.35. The fourth-order valence-electron chi connectivity index (χ4n) is 3.14. The fourth-order valence-corrected chi connectivity index (χ4v) is 3.14. The van der Waals surface area contributed by atoms with Crippen LogP contribution in [-0.4, -0.2) is 32.3 Å². The highest BCUT2D eigenvalue weighted by atomic mass is 15.5. The highest BCUT2D eigenvalue weighted by Gasteiger charge is 2.24. The van der Waals surface area contributed by atoms with Crippen LogP contribution in [0, 0.1) is 5.41 Å². The second kappa shape index (κ2) is 9.74. The molecule has 0 aliphatic carbocycles. The Hall–Kier alpha value is -2.89. The molecule has 1 heterocycles. The third-order valence-corrected chi connectivity index (χ3v) is 5.25. The number of para-hydroxylation sites is 1. The summed E-state index contributed by atoms with van der Waals surface area (Å²) in [6.07, 6.45) is 3.04. The zero-order valence-corrected chi connectivity index (χ0v) is 19.7. The molecular weight excluding hydrogens is 372 g/mol. The lowest BCUT2D eigenvalue weighted by atomic mass is 9.86. The molecule has 2 rings (SSSR count). The molecule has 1 aromatic heterocycles. The van der Waals surface area contributed by atoms with Crippen molar-refractivity contribution in [2.75, 3.05) is 6.54 Å². The van der Waals surface area contributed by atoms with Crippen molar-refractivity contribution in [2.45, 2.75) is 61.8 Å². The summed E-state index contributed by atoms with van der Waals surface area (Å²) < 4.78 is 1.79. The number of benzene rings is 1. The lowest BCUT2D eigenvalue weighted by molar-refractivity contribution is 0.455. The first-order chi connectivity index (χ1) is 14.1. The Morgan fingerprint density at radius 1 is 1.23 bits per heavy atom. The molecule has 0 atom stereocenters. The molecule has 6 nitrogen and oxygen atoms in total. The number of allylic oxidation sites excluding steroid dienone is 3. The predicted molar refractivity (Wildman–Crippen MR) is 128 cm³/mol. The molecule has 0 spiro atoms. The van der Waals surface area contributed by atoms with Gasteiger partial charge in [0.05, 0.1) is 11.4 Å². The lowest BCUT2D eigenvalue weighted by Gasteiger charge is -2.34. The number of aliphatic imine (C=N–C) groups is 1. The van der Waals surface area contributed by atoms with Gasteiger partial charge in [0, 0.05) is 12.2 Å². The molecule has 6 heteroatoms. The van der Waals surface area contributed by atoms with E-state index in [2.05, 4.69) is 73.6 Å². The first kappa shape index (κ1) is 23.4. The normalized spacial score (nSPS) is 14.0. The van der Waals surface area contributed by atoms with Crippen molar-refractivity contribution in [3.63, 3.8) is 0 Å². The van der Waals surface area contributed by atoms with Crippen LogP contribution >= 0.6 is 0 Å². The maximum atomic E-state index is 4.60. The Kier molecular flexibility index (Phi) is 7.59. The van der Waals surface area contributed by atoms with Gasteiger partial charge in [0.1, 0.15) is 17.2 Å². The topological polar surface area (TPSA) is 58.3 Å². The summed E-state index contributed by atoms with van der Waals surface area (Å²) in [6, 6.07) is 7.91. The summed E-state index contributed by atoms with van der Waals surface area (Å²) in [6.45, 7) is 22.2. The molecule has 0 unspecified atom stereocenters. The summed E-state index contributed by atoms with van der Waals surface area (Å²) >= 11 is 0. The molecule has 1 aromatic carbocycles. The van der Waals surface area contributed by atoms with E-state index in [0.29, 0.717) is 5.82 Å². The van der Waals surface area contributed by atoms with Crippen LogP contribution in [0.15, 0.2) is 59.0 Å². The summed E-state index contributed by atoms with van der Waals surface area (Å²) in [5.41, 5.74) is 4.12. The van der Waals surface area contributed by atoms with Crippen LogP contribution in [-0.2, 0) is 0 Å². The third kappa shape index (κ3) is 5.17. The van der Waals surface area contributed by atoms with Gasteiger partial charge in [-0.3, -0.25) is 9.89 Å². The number of aromatic nitrogens is 3. The van der Waals surface area contributed by atoms with Crippen molar-refractivity contribution >= 4 is 22.7 Å². The SMILES string of the molecule is C=C(N(/C(=C/C)NC(C)=NCCC)/C(C)=C(\C)C(C)(C)C)n1nnc2ccccc21. The highest BCUT2D eigenvalue weighted by Crippen LogP contribution is 2.33. The number of rotatable bonds is 7. The van der Waals surface area contributed by atoms with E-state index in [1.807, 2.05) is 44.2 Å². The number of hydrogen-bond donors (Lipinski definition) is 1. The van der Waals surface area contributed by atoms with Crippen molar-refractivity contribution in [3.05, 3.63) is 54.0 Å². The van der Waals surface area contributed by atoms with Crippen LogP contribution in [0.2, 0.25) is 0 Å². The van der Waals surface area contributed by atoms with Gasteiger partial charge in [0.25, 0.3) is 0 Å². The standard InChI is InChI=1S/C24H36N6/c1-10-16-25-19(5)26-23(11-2)29(18(4)17(3)24(7,8)9)20(6)30-22-15-13-12-14-21(22)27-28-30/h11-15H,6,10,16H2,1-5,7-9H3,(H,25,26)/b18-17+,23-11+. The smallest absolute Gasteiger partial charge is 0.135 e. The predicted octanol–water partition coefficient (Wildman–Crippen LogP) is 5.78. The van der Waals surface area contributed by atoms with Gasteiger partial charge in [-0.25, -0.2) is 0 Å². The molecule has 0 aliphatic rings. The zero-order chi connectivity index (χ0) is 22.5. The zero-order valence-electron chi connectivity index (χ0n) is 19.7. The van der Waals surface area contributed by atoms with E-state index in [-0.39, 0.29) is 5.41 Å². The average Bonchev–Trinajstić information content (AvgIpc) is 3.14. The van der Waals surface area contributed by atoms with E-state index in [4.69, 9.17) is 0 Å². The summed E-state index contributed by atoms with van der Waals surface area (Å²) in [5.74, 6) is 2.46. The van der Waals surface area contributed by atoms with Crippen LogP contribution < -0.4 is 5.32 Å². The summed E-state index contributed by atoms with van der Waals surface area (Å²) in [7, 11) is 0. The number of fused-ring (bicyclic) bond motifs is 1. The Morgan fingerprint density at radius 2 is 1.90 bits per heavy atom. The van der Waals surface area contributed by atoms with E-state index < -0.39 is 0 Å². The maximum Gasteiger partial charge on any atom is 0.135 e. The molecule has 30 heavy (non-hydrogen) atoms. The average molecular weight is 409 g/mol. The molecule has 0 amide bonds. The first-order valence-electron chi connectivity index (χ1n) is 10.5. The molecule has 2 aromatic rings. The van der Waals surface area contributed by atoms with Crippen LogP contribution in [0.5, 0.6) is 0 Å². The monoisotopic (exact) mass is 408 g/mol. The fraction of sp³-hybridized carbons (Fsp3) is 0.458. The molecular formula is C24H36N6. The van der Waals surface area contributed by atoms with Crippen LogP contribution in [0.4, 0.5) is 0 Å². The molecule has 0 fully saturated rings. The van der Waals surface area contributed by atoms with Crippen molar-refractivity contribution in [3.8, 4) is 0 Å². The summed E-state index contributed by atoms with van der Waals surface area (Å²) in [5, 5.41) is 12.2. The van der Waals surface area contributed by atoms with Gasteiger partial charge in [-0.15, -0.1) is 5.10 Å². The summed E-state index contributed by atoms with van der Waals surface area (Å²) in [4.78, 5) is 6.70. The number of nitrogens with one attached hydrogen (secondary N) is 1. The Bertz CT molecular complexity index is 985. The second-order valence-electron chi connectivity index (χ2n) is 8.47. The van der Waals surface area contributed by atoms with Gasteiger partial charge in [-0.05, 0) is 63.3 Å². The molecule has 0 radical (unpaired) electrons. The third-order valence-electron chi connectivity index (χ3n) is 5.25.